The van der Waals surface area contributed by atoms with Crippen LogP contribution in [0.1, 0.15) is 0 Å². The van der Waals surface area contributed by atoms with Crippen molar-refractivity contribution in [3.05, 3.63) is 0 Å². The number of likely N-dealkylation sites (tertiary alicyclic amines) is 1. The molecule has 34 heavy (non-hydrogen) atoms. The first-order valence-corrected chi connectivity index (χ1v) is 10.5. The van der Waals surface area contributed by atoms with E-state index in [1.807, 2.05) is 0 Å². The highest BCUT2D eigenvalue weighted by molar-refractivity contribution is 5.92. The monoisotopic (exact) mass is 486 g/mol. The second kappa shape index (κ2) is 10.4. The number of likely N-dealkylation sites (N-methyl/N-ethyl adjacent to an activating group) is 2. The summed E-state index contributed by atoms with van der Waals surface area (Å²) in [6.07, 6.45) is -6.47. The molecule has 190 valence electrons. The van der Waals surface area contributed by atoms with E-state index in [0.717, 1.165) is 11.2 Å². The number of hydrogen-bond donors (Lipinski definition) is 7. The number of guanidine groups is 1. The fourth-order valence-electron chi connectivity index (χ4n) is 4.26. The summed E-state index contributed by atoms with van der Waals surface area (Å²) in [7, 11) is 2.92. The van der Waals surface area contributed by atoms with Gasteiger partial charge in [0.15, 0.2) is 24.3 Å². The minimum atomic E-state index is -1.55. The smallest absolute Gasteiger partial charge is 0.404 e. The van der Waals surface area contributed by atoms with E-state index in [1.165, 1.54) is 11.9 Å². The van der Waals surface area contributed by atoms with Crippen LogP contribution in [0.25, 0.3) is 0 Å². The molecule has 3 rings (SSSR count). The van der Waals surface area contributed by atoms with Crippen LogP contribution in [0.4, 0.5) is 4.79 Å². The number of aliphatic hydroxyl groups is 3. The molecule has 2 saturated heterocycles. The number of nitrogens with two attached hydrogens (primary N) is 2. The third-order valence-corrected chi connectivity index (χ3v) is 5.98. The lowest BCUT2D eigenvalue weighted by atomic mass is 9.94. The van der Waals surface area contributed by atoms with Crippen molar-refractivity contribution >= 4 is 30.2 Å². The van der Waals surface area contributed by atoms with E-state index < -0.39 is 67.4 Å². The van der Waals surface area contributed by atoms with Gasteiger partial charge in [-0.05, 0) is 0 Å². The number of amides is 3. The zero-order chi connectivity index (χ0) is 25.2. The van der Waals surface area contributed by atoms with Crippen molar-refractivity contribution < 1.29 is 39.2 Å². The van der Waals surface area contributed by atoms with E-state index in [4.69, 9.17) is 20.9 Å². The number of aliphatic imine (C=N–C) groups is 2. The summed E-state index contributed by atoms with van der Waals surface area (Å²) in [5.41, 5.74) is 10.3. The van der Waals surface area contributed by atoms with Crippen LogP contribution in [0.15, 0.2) is 9.98 Å². The molecule has 3 heterocycles. The molecule has 0 aliphatic carbocycles. The number of primary amides is 1. The molecule has 0 aromatic heterocycles. The molecule has 0 aromatic rings. The van der Waals surface area contributed by atoms with Crippen LogP contribution >= 0.6 is 0 Å². The van der Waals surface area contributed by atoms with Crippen molar-refractivity contribution in [2.24, 2.45) is 21.5 Å². The first-order valence-electron chi connectivity index (χ1n) is 10.5. The molecule has 0 bridgehead atoms. The van der Waals surface area contributed by atoms with Gasteiger partial charge in [-0.3, -0.25) is 14.6 Å². The van der Waals surface area contributed by atoms with Gasteiger partial charge in [-0.2, -0.15) is 0 Å². The van der Waals surface area contributed by atoms with Gasteiger partial charge in [-0.25, -0.2) is 9.79 Å². The quantitative estimate of drug-likeness (QED) is 0.138. The molecule has 0 spiro atoms. The van der Waals surface area contributed by atoms with Crippen LogP contribution < -0.4 is 22.1 Å². The van der Waals surface area contributed by atoms with Crippen LogP contribution in [0, 0.1) is 0 Å². The predicted molar refractivity (Wildman–Crippen MR) is 115 cm³/mol. The number of piperidine rings is 1. The lowest BCUT2D eigenvalue weighted by Gasteiger charge is -2.46. The minimum absolute atomic E-state index is 0.0756. The van der Waals surface area contributed by atoms with Gasteiger partial charge in [0.25, 0.3) is 0 Å². The van der Waals surface area contributed by atoms with E-state index in [0.29, 0.717) is 0 Å². The normalized spacial score (nSPS) is 35.4. The fraction of sp³-hybridized carbons (Fsp3) is 0.722. The molecule has 0 radical (unpaired) electrons. The molecule has 2 fully saturated rings. The number of nitrogens with zero attached hydrogens (tertiary/aromatic N) is 4. The van der Waals surface area contributed by atoms with E-state index in [9.17, 15) is 29.7 Å². The summed E-state index contributed by atoms with van der Waals surface area (Å²) >= 11 is 0. The van der Waals surface area contributed by atoms with Crippen molar-refractivity contribution in [1.82, 2.24) is 20.4 Å². The molecule has 0 aromatic carbocycles. The SMILES string of the molecule is CN1C[C@@H](O)[C@H]2NC(N[C@@H]3O[C@@H](CO)[C@@H](OC(N)=O)[C@H](O)[C@H]3N(C)C(=O)CN=CN)=N[C@@H]2C1=O. The Kier molecular flexibility index (Phi) is 7.75. The third-order valence-electron chi connectivity index (χ3n) is 5.98. The lowest BCUT2D eigenvalue weighted by Crippen LogP contribution is -2.70. The summed E-state index contributed by atoms with van der Waals surface area (Å²) in [5.74, 6) is -0.772. The molecule has 0 saturated carbocycles. The number of carbonyl (C=O) groups excluding carboxylic acids is 3. The zero-order valence-corrected chi connectivity index (χ0v) is 18.6. The molecule has 0 unspecified atom stereocenters. The Labute approximate surface area is 194 Å². The number of fused-ring (bicyclic) bond motifs is 1. The summed E-state index contributed by atoms with van der Waals surface area (Å²) in [6.45, 7) is -0.860. The number of nitrogens with one attached hydrogen (secondary N) is 2. The van der Waals surface area contributed by atoms with Crippen LogP contribution in [0.5, 0.6) is 0 Å². The maximum Gasteiger partial charge on any atom is 0.404 e. The molecule has 3 aliphatic heterocycles. The van der Waals surface area contributed by atoms with E-state index >= 15 is 0 Å². The Morgan fingerprint density at radius 1 is 1.47 bits per heavy atom. The fourth-order valence-corrected chi connectivity index (χ4v) is 4.26. The number of carbonyl (C=O) groups is 3. The molecular weight excluding hydrogens is 456 g/mol. The van der Waals surface area contributed by atoms with Crippen molar-refractivity contribution in [3.8, 4) is 0 Å². The van der Waals surface area contributed by atoms with E-state index in [2.05, 4.69) is 20.6 Å². The molecule has 3 amide bonds. The second-order valence-electron chi connectivity index (χ2n) is 8.18. The third kappa shape index (κ3) is 4.98. The first-order chi connectivity index (χ1) is 16.1. The van der Waals surface area contributed by atoms with Crippen LogP contribution in [-0.2, 0) is 19.1 Å². The molecular formula is C18H30N8O8. The summed E-state index contributed by atoms with van der Waals surface area (Å²) < 4.78 is 10.8. The van der Waals surface area contributed by atoms with Gasteiger partial charge in [0.05, 0.1) is 25.1 Å². The molecule has 3 aliphatic rings. The summed E-state index contributed by atoms with van der Waals surface area (Å²) in [6, 6.07) is -2.75. The Balaban J connectivity index is 1.87. The van der Waals surface area contributed by atoms with Gasteiger partial charge in [0.2, 0.25) is 11.8 Å². The Morgan fingerprint density at radius 2 is 2.18 bits per heavy atom. The van der Waals surface area contributed by atoms with Gasteiger partial charge in [0, 0.05) is 20.6 Å². The van der Waals surface area contributed by atoms with Crippen molar-refractivity contribution in [3.63, 3.8) is 0 Å². The molecule has 8 atom stereocenters. The number of β-amino-alcohol motifs (C(OH)–C–C–N with tert-alkyl or cyclic N) is 1. The Bertz CT molecular complexity index is 856. The highest BCUT2D eigenvalue weighted by Gasteiger charge is 2.51. The average molecular weight is 486 g/mol. The van der Waals surface area contributed by atoms with Gasteiger partial charge in [0.1, 0.15) is 24.8 Å². The predicted octanol–water partition coefficient (Wildman–Crippen LogP) is -5.54. The van der Waals surface area contributed by atoms with Crippen molar-refractivity contribution in [1.29, 1.82) is 0 Å². The summed E-state index contributed by atoms with van der Waals surface area (Å²) in [4.78, 5) is 46.8. The highest BCUT2D eigenvalue weighted by atomic mass is 16.6. The Morgan fingerprint density at radius 3 is 2.79 bits per heavy atom. The first kappa shape index (κ1) is 25.4. The van der Waals surface area contributed by atoms with Crippen LogP contribution in [-0.4, -0.2) is 138 Å². The topological polar surface area (TPSA) is 238 Å². The maximum absolute atomic E-state index is 12.6. The lowest BCUT2D eigenvalue weighted by molar-refractivity contribution is -0.214. The molecule has 16 nitrogen and oxygen atoms in total. The minimum Gasteiger partial charge on any atom is -0.441 e. The Hall–Kier alpha value is -3.21. The van der Waals surface area contributed by atoms with Crippen molar-refractivity contribution in [2.45, 2.75) is 48.8 Å². The van der Waals surface area contributed by atoms with Gasteiger partial charge in [-0.15, -0.1) is 0 Å². The standard InChI is InChI=1S/C18H30N8O8/c1-25-4-7(28)10-11(16(25)31)23-18(22-10)24-15-12(26(2)9(29)3-21-6-19)13(30)14(34-17(20)32)8(5-27)33-15/h6-8,10-15,27-28,30H,3-5H2,1-2H3,(H2,19,21)(H2,20,32)(H2,22,23,24)/t7-,8+,10-,11+,12-,13-,14-,15-/m1/s1. The summed E-state index contributed by atoms with van der Waals surface area (Å²) in [5, 5.41) is 36.9. The van der Waals surface area contributed by atoms with Gasteiger partial charge >= 0.3 is 6.09 Å². The molecule has 9 N–H and O–H groups in total. The zero-order valence-electron chi connectivity index (χ0n) is 18.6. The highest BCUT2D eigenvalue weighted by Crippen LogP contribution is 2.27. The second-order valence-corrected chi connectivity index (χ2v) is 8.18. The number of ether oxygens (including phenoxy) is 2. The van der Waals surface area contributed by atoms with Crippen LogP contribution in [0.2, 0.25) is 0 Å². The largest absolute Gasteiger partial charge is 0.441 e. The van der Waals surface area contributed by atoms with Crippen molar-refractivity contribution in [2.75, 3.05) is 33.8 Å². The van der Waals surface area contributed by atoms with Gasteiger partial charge in [-0.1, -0.05) is 0 Å². The number of hydrogen-bond acceptors (Lipinski definition) is 12. The number of rotatable bonds is 6. The maximum atomic E-state index is 12.6. The van der Waals surface area contributed by atoms with Gasteiger partial charge < -0.3 is 56.7 Å². The number of aliphatic hydroxyl groups excluding tert-OH is 3. The van der Waals surface area contributed by atoms with E-state index in [1.54, 1.807) is 7.05 Å². The molecule has 16 heteroatoms. The van der Waals surface area contributed by atoms with E-state index in [-0.39, 0.29) is 25.0 Å². The average Bonchev–Trinajstić information content (AvgIpc) is 3.21. The van der Waals surface area contributed by atoms with Crippen LogP contribution in [0.3, 0.4) is 0 Å².